The van der Waals surface area contributed by atoms with Gasteiger partial charge in [0.25, 0.3) is 0 Å². The number of carbonyl (C=O) groups excluding carboxylic acids is 1. The van der Waals surface area contributed by atoms with Crippen LogP contribution in [0.25, 0.3) is 0 Å². The Hall–Kier alpha value is -1.89. The first-order chi connectivity index (χ1) is 7.91. The first-order valence-corrected chi connectivity index (χ1v) is 5.13. The highest BCUT2D eigenvalue weighted by molar-refractivity contribution is 5.85. The molecule has 0 spiro atoms. The van der Waals surface area contributed by atoms with Crippen molar-refractivity contribution in [2.45, 2.75) is 26.4 Å². The number of carboxylic acid groups (broad SMARTS) is 1. The van der Waals surface area contributed by atoms with Gasteiger partial charge < -0.3 is 15.4 Å². The normalized spacial score (nSPS) is 12.6. The second-order valence-electron chi connectivity index (χ2n) is 3.99. The van der Waals surface area contributed by atoms with Gasteiger partial charge in [0.1, 0.15) is 0 Å². The van der Waals surface area contributed by atoms with Gasteiger partial charge in [-0.1, -0.05) is 19.0 Å². The maximum Gasteiger partial charge on any atom is 0.358 e. The van der Waals surface area contributed by atoms with E-state index in [9.17, 15) is 9.59 Å². The number of nitrogens with zero attached hydrogens (tertiary/aromatic N) is 1. The van der Waals surface area contributed by atoms with Crippen LogP contribution in [0.4, 0.5) is 0 Å². The van der Waals surface area contributed by atoms with Crippen LogP contribution in [0.3, 0.4) is 0 Å². The van der Waals surface area contributed by atoms with Crippen molar-refractivity contribution in [3.63, 3.8) is 0 Å². The van der Waals surface area contributed by atoms with Crippen molar-refractivity contribution in [3.05, 3.63) is 17.5 Å². The third-order valence-electron chi connectivity index (χ3n) is 2.25. The van der Waals surface area contributed by atoms with Crippen molar-refractivity contribution in [1.29, 1.82) is 0 Å². The van der Waals surface area contributed by atoms with Gasteiger partial charge in [-0.05, 0) is 5.92 Å². The number of hydrogen-bond acceptors (Lipinski definition) is 5. The standard InChI is InChI=1S/C10H15N3O4/c1-5(2)8(9(11)14)12-4-6-3-7(10(15)16)13-17-6/h3,5,8,12H,4H2,1-2H3,(H2,11,14)(H,15,16). The molecular weight excluding hydrogens is 226 g/mol. The fourth-order valence-corrected chi connectivity index (χ4v) is 1.37. The van der Waals surface area contributed by atoms with E-state index in [1.807, 2.05) is 13.8 Å². The van der Waals surface area contributed by atoms with Crippen molar-refractivity contribution >= 4 is 11.9 Å². The molecule has 1 atom stereocenters. The average Bonchev–Trinajstić information content (AvgIpc) is 2.65. The van der Waals surface area contributed by atoms with E-state index in [1.165, 1.54) is 6.07 Å². The topological polar surface area (TPSA) is 118 Å². The first-order valence-electron chi connectivity index (χ1n) is 5.13. The van der Waals surface area contributed by atoms with E-state index in [0.717, 1.165) is 0 Å². The molecule has 0 saturated heterocycles. The molecule has 4 N–H and O–H groups in total. The molecule has 1 aromatic rings. The molecular formula is C10H15N3O4. The Morgan fingerprint density at radius 2 is 2.24 bits per heavy atom. The summed E-state index contributed by atoms with van der Waals surface area (Å²) in [6.07, 6.45) is 0. The van der Waals surface area contributed by atoms with Gasteiger partial charge in [0.2, 0.25) is 5.91 Å². The summed E-state index contributed by atoms with van der Waals surface area (Å²) in [7, 11) is 0. The summed E-state index contributed by atoms with van der Waals surface area (Å²) < 4.78 is 4.79. The Balaban J connectivity index is 2.59. The van der Waals surface area contributed by atoms with Crippen molar-refractivity contribution in [3.8, 4) is 0 Å². The fourth-order valence-electron chi connectivity index (χ4n) is 1.37. The summed E-state index contributed by atoms with van der Waals surface area (Å²) >= 11 is 0. The van der Waals surface area contributed by atoms with Crippen LogP contribution < -0.4 is 11.1 Å². The van der Waals surface area contributed by atoms with Crippen LogP contribution in [0, 0.1) is 5.92 Å². The SMILES string of the molecule is CC(C)C(NCc1cc(C(=O)O)no1)C(N)=O. The van der Waals surface area contributed by atoms with Crippen LogP contribution >= 0.6 is 0 Å². The summed E-state index contributed by atoms with van der Waals surface area (Å²) in [6, 6.07) is 0.807. The van der Waals surface area contributed by atoms with E-state index in [0.29, 0.717) is 5.76 Å². The van der Waals surface area contributed by atoms with Crippen LogP contribution in [-0.2, 0) is 11.3 Å². The summed E-state index contributed by atoms with van der Waals surface area (Å²) in [5.41, 5.74) is 5.05. The summed E-state index contributed by atoms with van der Waals surface area (Å²) in [5.74, 6) is -1.24. The van der Waals surface area contributed by atoms with Gasteiger partial charge in [0.05, 0.1) is 12.6 Å². The van der Waals surface area contributed by atoms with Gasteiger partial charge >= 0.3 is 5.97 Å². The third-order valence-corrected chi connectivity index (χ3v) is 2.25. The average molecular weight is 241 g/mol. The predicted molar refractivity (Wildman–Crippen MR) is 58.1 cm³/mol. The lowest BCUT2D eigenvalue weighted by atomic mass is 10.0. The largest absolute Gasteiger partial charge is 0.476 e. The molecule has 0 aliphatic rings. The number of rotatable bonds is 6. The molecule has 7 nitrogen and oxygen atoms in total. The molecule has 0 fully saturated rings. The van der Waals surface area contributed by atoms with Crippen molar-refractivity contribution < 1.29 is 19.2 Å². The van der Waals surface area contributed by atoms with Crippen LogP contribution in [0.15, 0.2) is 10.6 Å². The maximum atomic E-state index is 11.1. The summed E-state index contributed by atoms with van der Waals surface area (Å²) in [6.45, 7) is 3.91. The van der Waals surface area contributed by atoms with Crippen LogP contribution in [0.1, 0.15) is 30.1 Å². The van der Waals surface area contributed by atoms with E-state index in [4.69, 9.17) is 15.4 Å². The summed E-state index contributed by atoms with van der Waals surface area (Å²) in [5, 5.41) is 14.9. The molecule has 0 aliphatic carbocycles. The molecule has 0 bridgehead atoms. The quantitative estimate of drug-likeness (QED) is 0.643. The molecule has 1 amide bonds. The molecule has 1 rings (SSSR count). The van der Waals surface area contributed by atoms with Crippen LogP contribution in [0.2, 0.25) is 0 Å². The Morgan fingerprint density at radius 1 is 1.59 bits per heavy atom. The van der Waals surface area contributed by atoms with Crippen molar-refractivity contribution in [2.75, 3.05) is 0 Å². The molecule has 0 saturated carbocycles. The van der Waals surface area contributed by atoms with E-state index in [-0.39, 0.29) is 18.2 Å². The third kappa shape index (κ3) is 3.56. The first kappa shape index (κ1) is 13.2. The highest BCUT2D eigenvalue weighted by Crippen LogP contribution is 2.06. The molecule has 7 heteroatoms. The molecule has 17 heavy (non-hydrogen) atoms. The minimum Gasteiger partial charge on any atom is -0.476 e. The molecule has 0 radical (unpaired) electrons. The van der Waals surface area contributed by atoms with Crippen molar-refractivity contribution in [1.82, 2.24) is 10.5 Å². The van der Waals surface area contributed by atoms with Crippen LogP contribution in [0.5, 0.6) is 0 Å². The zero-order valence-electron chi connectivity index (χ0n) is 9.64. The van der Waals surface area contributed by atoms with E-state index in [1.54, 1.807) is 0 Å². The van der Waals surface area contributed by atoms with E-state index in [2.05, 4.69) is 10.5 Å². The molecule has 0 aliphatic heterocycles. The number of nitrogens with one attached hydrogen (secondary N) is 1. The van der Waals surface area contributed by atoms with Gasteiger partial charge in [0.15, 0.2) is 11.5 Å². The van der Waals surface area contributed by atoms with E-state index >= 15 is 0 Å². The number of aromatic nitrogens is 1. The zero-order valence-corrected chi connectivity index (χ0v) is 9.64. The number of hydrogen-bond donors (Lipinski definition) is 3. The zero-order chi connectivity index (χ0) is 13.0. The number of amides is 1. The number of carboxylic acids is 1. The second-order valence-corrected chi connectivity index (χ2v) is 3.99. The molecule has 1 aromatic heterocycles. The number of nitrogens with two attached hydrogens (primary N) is 1. The maximum absolute atomic E-state index is 11.1. The lowest BCUT2D eigenvalue weighted by molar-refractivity contribution is -0.121. The number of primary amides is 1. The lowest BCUT2D eigenvalue weighted by Crippen LogP contribution is -2.44. The van der Waals surface area contributed by atoms with Gasteiger partial charge in [-0.2, -0.15) is 0 Å². The monoisotopic (exact) mass is 241 g/mol. The summed E-state index contributed by atoms with van der Waals surface area (Å²) in [4.78, 5) is 21.6. The van der Waals surface area contributed by atoms with Crippen molar-refractivity contribution in [2.24, 2.45) is 11.7 Å². The minimum atomic E-state index is -1.16. The Labute approximate surface area is 98.0 Å². The fraction of sp³-hybridized carbons (Fsp3) is 0.500. The molecule has 1 unspecified atom stereocenters. The van der Waals surface area contributed by atoms with Gasteiger partial charge in [-0.25, -0.2) is 4.79 Å². The Kier molecular flexibility index (Phi) is 4.22. The van der Waals surface area contributed by atoms with Gasteiger partial charge in [-0.15, -0.1) is 0 Å². The van der Waals surface area contributed by atoms with Gasteiger partial charge in [-0.3, -0.25) is 10.1 Å². The Bertz CT molecular complexity index is 413. The second kappa shape index (κ2) is 5.44. The predicted octanol–water partition coefficient (Wildman–Crippen LogP) is -0.0277. The van der Waals surface area contributed by atoms with E-state index < -0.39 is 17.9 Å². The molecule has 94 valence electrons. The number of carbonyl (C=O) groups is 2. The minimum absolute atomic E-state index is 0.0364. The smallest absolute Gasteiger partial charge is 0.358 e. The molecule has 0 aromatic carbocycles. The highest BCUT2D eigenvalue weighted by atomic mass is 16.5. The Morgan fingerprint density at radius 3 is 2.65 bits per heavy atom. The lowest BCUT2D eigenvalue weighted by Gasteiger charge is -2.17. The number of aromatic carboxylic acids is 1. The highest BCUT2D eigenvalue weighted by Gasteiger charge is 2.19. The molecule has 1 heterocycles. The van der Waals surface area contributed by atoms with Crippen LogP contribution in [-0.4, -0.2) is 28.2 Å². The van der Waals surface area contributed by atoms with Gasteiger partial charge in [0, 0.05) is 6.07 Å².